The lowest BCUT2D eigenvalue weighted by Gasteiger charge is -2.19. The highest BCUT2D eigenvalue weighted by Crippen LogP contribution is 2.33. The second-order valence-corrected chi connectivity index (χ2v) is 3.60. The monoisotopic (exact) mass is 210 g/mol. The molecule has 1 saturated heterocycles. The molecule has 1 rings (SSSR count). The third-order valence-electron chi connectivity index (χ3n) is 2.35. The summed E-state index contributed by atoms with van der Waals surface area (Å²) in [5, 5.41) is 0. The van der Waals surface area contributed by atoms with Crippen molar-refractivity contribution in [1.82, 2.24) is 4.90 Å². The molecule has 0 bridgehead atoms. The number of carbonyl (C=O) groups is 1. The van der Waals surface area contributed by atoms with Crippen molar-refractivity contribution >= 4 is 5.91 Å². The Morgan fingerprint density at radius 2 is 2.14 bits per heavy atom. The largest absolute Gasteiger partial charge is 0.393 e. The summed E-state index contributed by atoms with van der Waals surface area (Å²) in [6.07, 6.45) is -4.21. The third kappa shape index (κ3) is 2.37. The molecule has 2 N–H and O–H groups in total. The molecule has 0 unspecified atom stereocenters. The van der Waals surface area contributed by atoms with Gasteiger partial charge < -0.3 is 10.6 Å². The van der Waals surface area contributed by atoms with Crippen LogP contribution < -0.4 is 5.73 Å². The Morgan fingerprint density at radius 3 is 2.50 bits per heavy atom. The van der Waals surface area contributed by atoms with E-state index in [0.717, 1.165) is 0 Å². The Kier molecular flexibility index (Phi) is 3.04. The molecule has 0 saturated carbocycles. The van der Waals surface area contributed by atoms with Crippen molar-refractivity contribution in [2.45, 2.75) is 25.6 Å². The molecular weight excluding hydrogens is 197 g/mol. The fourth-order valence-electron chi connectivity index (χ4n) is 1.52. The van der Waals surface area contributed by atoms with E-state index in [1.54, 1.807) is 0 Å². The van der Waals surface area contributed by atoms with Crippen molar-refractivity contribution in [2.24, 2.45) is 11.7 Å². The lowest BCUT2D eigenvalue weighted by Crippen LogP contribution is -2.41. The van der Waals surface area contributed by atoms with E-state index in [1.165, 1.54) is 11.8 Å². The Balaban J connectivity index is 2.54. The van der Waals surface area contributed by atoms with Gasteiger partial charge in [-0.25, -0.2) is 0 Å². The van der Waals surface area contributed by atoms with Crippen LogP contribution in [0, 0.1) is 5.92 Å². The van der Waals surface area contributed by atoms with Gasteiger partial charge in [-0.2, -0.15) is 13.2 Å². The van der Waals surface area contributed by atoms with Crippen LogP contribution >= 0.6 is 0 Å². The van der Waals surface area contributed by atoms with E-state index in [1.807, 2.05) is 0 Å². The SMILES string of the molecule is C[C@@H](N)C(=O)N1CC[C@@H](C(F)(F)F)C1. The molecule has 1 amide bonds. The predicted molar refractivity (Wildman–Crippen MR) is 44.4 cm³/mol. The normalized spacial score (nSPS) is 25.2. The molecule has 0 aromatic rings. The lowest BCUT2D eigenvalue weighted by atomic mass is 10.1. The highest BCUT2D eigenvalue weighted by atomic mass is 19.4. The fourth-order valence-corrected chi connectivity index (χ4v) is 1.52. The zero-order valence-corrected chi connectivity index (χ0v) is 7.84. The molecule has 0 aromatic carbocycles. The molecule has 82 valence electrons. The molecule has 0 aromatic heterocycles. The highest BCUT2D eigenvalue weighted by Gasteiger charge is 2.44. The minimum atomic E-state index is -4.20. The average molecular weight is 210 g/mol. The second kappa shape index (κ2) is 3.76. The molecular formula is C8H13F3N2O. The molecule has 3 nitrogen and oxygen atoms in total. The van der Waals surface area contributed by atoms with Crippen LogP contribution in [0.1, 0.15) is 13.3 Å². The minimum Gasteiger partial charge on any atom is -0.341 e. The van der Waals surface area contributed by atoms with Crippen molar-refractivity contribution in [3.05, 3.63) is 0 Å². The van der Waals surface area contributed by atoms with E-state index < -0.39 is 24.0 Å². The molecule has 1 aliphatic heterocycles. The number of nitrogens with zero attached hydrogens (tertiary/aromatic N) is 1. The maximum absolute atomic E-state index is 12.2. The summed E-state index contributed by atoms with van der Waals surface area (Å²) < 4.78 is 36.7. The summed E-state index contributed by atoms with van der Waals surface area (Å²) in [6.45, 7) is 1.39. The van der Waals surface area contributed by atoms with Gasteiger partial charge in [0.05, 0.1) is 12.0 Å². The maximum atomic E-state index is 12.2. The number of carbonyl (C=O) groups excluding carboxylic acids is 1. The number of alkyl halides is 3. The van der Waals surface area contributed by atoms with Gasteiger partial charge in [0, 0.05) is 13.1 Å². The van der Waals surface area contributed by atoms with Crippen molar-refractivity contribution in [3.63, 3.8) is 0 Å². The van der Waals surface area contributed by atoms with Crippen molar-refractivity contribution in [2.75, 3.05) is 13.1 Å². The lowest BCUT2D eigenvalue weighted by molar-refractivity contribution is -0.171. The first kappa shape index (κ1) is 11.3. The molecule has 6 heteroatoms. The summed E-state index contributed by atoms with van der Waals surface area (Å²) in [7, 11) is 0. The summed E-state index contributed by atoms with van der Waals surface area (Å²) in [5.74, 6) is -1.79. The predicted octanol–water partition coefficient (Wildman–Crippen LogP) is 0.744. The second-order valence-electron chi connectivity index (χ2n) is 3.60. The van der Waals surface area contributed by atoms with Crippen LogP contribution in [0.25, 0.3) is 0 Å². The van der Waals surface area contributed by atoms with Gasteiger partial charge in [0.2, 0.25) is 5.91 Å². The number of rotatable bonds is 1. The van der Waals surface area contributed by atoms with Crippen LogP contribution in [0.15, 0.2) is 0 Å². The van der Waals surface area contributed by atoms with E-state index >= 15 is 0 Å². The Hall–Kier alpha value is -0.780. The quantitative estimate of drug-likeness (QED) is 0.694. The van der Waals surface area contributed by atoms with E-state index in [4.69, 9.17) is 5.73 Å². The fraction of sp³-hybridized carbons (Fsp3) is 0.875. The van der Waals surface area contributed by atoms with Crippen LogP contribution in [-0.4, -0.2) is 36.1 Å². The molecule has 1 fully saturated rings. The molecule has 2 atom stereocenters. The highest BCUT2D eigenvalue weighted by molar-refractivity contribution is 5.81. The van der Waals surface area contributed by atoms with Gasteiger partial charge in [0.1, 0.15) is 0 Å². The Bertz CT molecular complexity index is 227. The first-order valence-corrected chi connectivity index (χ1v) is 4.43. The smallest absolute Gasteiger partial charge is 0.341 e. The van der Waals surface area contributed by atoms with E-state index in [2.05, 4.69) is 0 Å². The molecule has 1 heterocycles. The van der Waals surface area contributed by atoms with Crippen LogP contribution in [0.4, 0.5) is 13.2 Å². The van der Waals surface area contributed by atoms with Gasteiger partial charge in [-0.3, -0.25) is 4.79 Å². The van der Waals surface area contributed by atoms with Crippen LogP contribution in [0.5, 0.6) is 0 Å². The number of nitrogens with two attached hydrogens (primary N) is 1. The summed E-state index contributed by atoms with van der Waals surface area (Å²) >= 11 is 0. The van der Waals surface area contributed by atoms with Gasteiger partial charge >= 0.3 is 6.18 Å². The Labute approximate surface area is 80.0 Å². The van der Waals surface area contributed by atoms with Gasteiger partial charge in [0.15, 0.2) is 0 Å². The number of amides is 1. The van der Waals surface area contributed by atoms with Crippen molar-refractivity contribution < 1.29 is 18.0 Å². The van der Waals surface area contributed by atoms with E-state index in [-0.39, 0.29) is 19.5 Å². The summed E-state index contributed by atoms with van der Waals surface area (Å²) in [4.78, 5) is 12.4. The molecule has 0 radical (unpaired) electrons. The minimum absolute atomic E-state index is 0.0119. The molecule has 1 aliphatic rings. The first-order chi connectivity index (χ1) is 6.32. The maximum Gasteiger partial charge on any atom is 0.393 e. The summed E-state index contributed by atoms with van der Waals surface area (Å²) in [6, 6.07) is -0.720. The molecule has 14 heavy (non-hydrogen) atoms. The van der Waals surface area contributed by atoms with E-state index in [0.29, 0.717) is 0 Å². The zero-order chi connectivity index (χ0) is 10.9. The standard InChI is InChI=1S/C8H13F3N2O/c1-5(12)7(14)13-3-2-6(4-13)8(9,10)11/h5-6H,2-4,12H2,1H3/t5-,6-/m1/s1. The van der Waals surface area contributed by atoms with Crippen LogP contribution in [0.2, 0.25) is 0 Å². The van der Waals surface area contributed by atoms with Gasteiger partial charge in [-0.15, -0.1) is 0 Å². The first-order valence-electron chi connectivity index (χ1n) is 4.43. The molecule has 0 aliphatic carbocycles. The number of hydrogen-bond donors (Lipinski definition) is 1. The van der Waals surface area contributed by atoms with Crippen molar-refractivity contribution in [3.8, 4) is 0 Å². The summed E-state index contributed by atoms with van der Waals surface area (Å²) in [5.41, 5.74) is 5.30. The van der Waals surface area contributed by atoms with Crippen molar-refractivity contribution in [1.29, 1.82) is 0 Å². The van der Waals surface area contributed by atoms with Gasteiger partial charge in [-0.05, 0) is 13.3 Å². The zero-order valence-electron chi connectivity index (χ0n) is 7.84. The molecule has 0 spiro atoms. The van der Waals surface area contributed by atoms with Crippen LogP contribution in [0.3, 0.4) is 0 Å². The van der Waals surface area contributed by atoms with Gasteiger partial charge in [-0.1, -0.05) is 0 Å². The number of likely N-dealkylation sites (tertiary alicyclic amines) is 1. The van der Waals surface area contributed by atoms with E-state index in [9.17, 15) is 18.0 Å². The average Bonchev–Trinajstić information content (AvgIpc) is 2.49. The third-order valence-corrected chi connectivity index (χ3v) is 2.35. The van der Waals surface area contributed by atoms with Gasteiger partial charge in [0.25, 0.3) is 0 Å². The number of hydrogen-bond acceptors (Lipinski definition) is 2. The Morgan fingerprint density at radius 1 is 1.57 bits per heavy atom. The number of halogens is 3. The van der Waals surface area contributed by atoms with Crippen LogP contribution in [-0.2, 0) is 4.79 Å². The topological polar surface area (TPSA) is 46.3 Å².